The highest BCUT2D eigenvalue weighted by molar-refractivity contribution is 4.57. The van der Waals surface area contributed by atoms with Crippen molar-refractivity contribution < 1.29 is 10.2 Å². The molecule has 2 heteroatoms. The fraction of sp³-hybridized carbons (Fsp3) is 1.00. The van der Waals surface area contributed by atoms with E-state index >= 15 is 0 Å². The maximum Gasteiger partial charge on any atom is 0.0540 e. The lowest BCUT2D eigenvalue weighted by atomic mass is 10.0. The number of hydrogen-bond acceptors (Lipinski definition) is 2. The van der Waals surface area contributed by atoms with E-state index in [1.54, 1.807) is 0 Å². The van der Waals surface area contributed by atoms with Gasteiger partial charge >= 0.3 is 0 Å². The van der Waals surface area contributed by atoms with Gasteiger partial charge in [-0.25, -0.2) is 0 Å². The molecule has 1 atom stereocenters. The highest BCUT2D eigenvalue weighted by Crippen LogP contribution is 2.15. The lowest BCUT2D eigenvalue weighted by molar-refractivity contribution is 0.144. The van der Waals surface area contributed by atoms with Crippen LogP contribution in [0.2, 0.25) is 0 Å². The Labute approximate surface area is 165 Å². The van der Waals surface area contributed by atoms with E-state index in [0.29, 0.717) is 0 Å². The molecule has 0 saturated heterocycles. The van der Waals surface area contributed by atoms with Crippen molar-refractivity contribution in [1.82, 2.24) is 0 Å². The highest BCUT2D eigenvalue weighted by atomic mass is 16.3. The van der Waals surface area contributed by atoms with Gasteiger partial charge in [0, 0.05) is 6.61 Å². The summed E-state index contributed by atoms with van der Waals surface area (Å²) in [5, 5.41) is 18.5. The van der Waals surface area contributed by atoms with Crippen molar-refractivity contribution in [1.29, 1.82) is 0 Å². The molecule has 2 nitrogen and oxygen atoms in total. The van der Waals surface area contributed by atoms with Crippen molar-refractivity contribution in [2.45, 2.75) is 148 Å². The van der Waals surface area contributed by atoms with Crippen LogP contribution in [-0.2, 0) is 0 Å². The second-order valence-electron chi connectivity index (χ2n) is 8.32. The topological polar surface area (TPSA) is 40.5 Å². The van der Waals surface area contributed by atoms with Crippen LogP contribution in [0, 0.1) is 0 Å². The Bertz CT molecular complexity index is 242. The van der Waals surface area contributed by atoms with E-state index in [2.05, 4.69) is 6.92 Å². The summed E-state index contributed by atoms with van der Waals surface area (Å²) in [6, 6.07) is 0. The fourth-order valence-corrected chi connectivity index (χ4v) is 3.74. The smallest absolute Gasteiger partial charge is 0.0540 e. The molecule has 0 saturated carbocycles. The quantitative estimate of drug-likeness (QED) is 0.193. The number of aliphatic hydroxyl groups is 2. The third-order valence-electron chi connectivity index (χ3n) is 5.59. The monoisotopic (exact) mass is 370 g/mol. The van der Waals surface area contributed by atoms with Crippen molar-refractivity contribution in [3.63, 3.8) is 0 Å². The summed E-state index contributed by atoms with van der Waals surface area (Å²) >= 11 is 0. The van der Waals surface area contributed by atoms with Crippen LogP contribution in [0.15, 0.2) is 0 Å². The first kappa shape index (κ1) is 25.9. The van der Waals surface area contributed by atoms with Gasteiger partial charge in [0.05, 0.1) is 6.10 Å². The lowest BCUT2D eigenvalue weighted by Crippen LogP contribution is -2.06. The summed E-state index contributed by atoms with van der Waals surface area (Å²) in [6.45, 7) is 2.54. The molecule has 158 valence electrons. The predicted molar refractivity (Wildman–Crippen MR) is 116 cm³/mol. The Kier molecular flexibility index (Phi) is 22.9. The first-order valence-electron chi connectivity index (χ1n) is 12.1. The molecule has 0 spiro atoms. The van der Waals surface area contributed by atoms with Crippen molar-refractivity contribution in [3.05, 3.63) is 0 Å². The number of unbranched alkanes of at least 4 members (excludes halogenated alkanes) is 17. The van der Waals surface area contributed by atoms with Crippen molar-refractivity contribution in [2.24, 2.45) is 0 Å². The van der Waals surface area contributed by atoms with Crippen LogP contribution in [0.5, 0.6) is 0 Å². The molecule has 0 aliphatic heterocycles. The Morgan fingerprint density at radius 2 is 0.769 bits per heavy atom. The summed E-state index contributed by atoms with van der Waals surface area (Å²) in [5.41, 5.74) is 0. The van der Waals surface area contributed by atoms with Gasteiger partial charge < -0.3 is 10.2 Å². The zero-order chi connectivity index (χ0) is 19.1. The van der Waals surface area contributed by atoms with Crippen LogP contribution < -0.4 is 0 Å². The number of aliphatic hydroxyl groups excluding tert-OH is 2. The molecule has 0 aromatic heterocycles. The van der Waals surface area contributed by atoms with Gasteiger partial charge in [0.2, 0.25) is 0 Å². The van der Waals surface area contributed by atoms with E-state index in [4.69, 9.17) is 5.11 Å². The summed E-state index contributed by atoms with van der Waals surface area (Å²) in [4.78, 5) is 0. The Hall–Kier alpha value is -0.0800. The second-order valence-corrected chi connectivity index (χ2v) is 8.32. The average Bonchev–Trinajstić information content (AvgIpc) is 2.64. The van der Waals surface area contributed by atoms with Crippen molar-refractivity contribution in [2.75, 3.05) is 6.61 Å². The van der Waals surface area contributed by atoms with E-state index in [1.807, 2.05) is 0 Å². The molecule has 0 aromatic rings. The van der Waals surface area contributed by atoms with Gasteiger partial charge in [0.15, 0.2) is 0 Å². The van der Waals surface area contributed by atoms with Gasteiger partial charge in [-0.05, 0) is 25.7 Å². The summed E-state index contributed by atoms with van der Waals surface area (Å²) < 4.78 is 0. The van der Waals surface area contributed by atoms with Crippen LogP contribution >= 0.6 is 0 Å². The maximum absolute atomic E-state index is 9.82. The summed E-state index contributed by atoms with van der Waals surface area (Å²) in [7, 11) is 0. The minimum absolute atomic E-state index is 0.141. The van der Waals surface area contributed by atoms with Gasteiger partial charge in [-0.3, -0.25) is 0 Å². The third kappa shape index (κ3) is 22.0. The minimum Gasteiger partial charge on any atom is -0.396 e. The molecular formula is C24H50O2. The zero-order valence-electron chi connectivity index (χ0n) is 18.0. The van der Waals surface area contributed by atoms with Crippen LogP contribution in [0.3, 0.4) is 0 Å². The molecule has 0 bridgehead atoms. The number of rotatable bonds is 22. The second kappa shape index (κ2) is 23.0. The fourth-order valence-electron chi connectivity index (χ4n) is 3.74. The average molecular weight is 371 g/mol. The minimum atomic E-state index is -0.141. The Balaban J connectivity index is 3.05. The molecular weight excluding hydrogens is 320 g/mol. The van der Waals surface area contributed by atoms with Crippen LogP contribution in [-0.4, -0.2) is 22.9 Å². The zero-order valence-corrected chi connectivity index (χ0v) is 18.0. The predicted octanol–water partition coefficient (Wildman–Crippen LogP) is 7.55. The van der Waals surface area contributed by atoms with Gasteiger partial charge in [-0.2, -0.15) is 0 Å². The Morgan fingerprint density at radius 3 is 1.12 bits per heavy atom. The molecule has 0 aromatic carbocycles. The number of hydrogen-bond donors (Lipinski definition) is 2. The third-order valence-corrected chi connectivity index (χ3v) is 5.59. The largest absolute Gasteiger partial charge is 0.396 e. The van der Waals surface area contributed by atoms with E-state index in [1.165, 1.54) is 109 Å². The van der Waals surface area contributed by atoms with E-state index in [-0.39, 0.29) is 12.7 Å². The SMILES string of the molecule is CCCCCCCCCCCCCCCCCCC[C@H](O)CCCCO. The Morgan fingerprint density at radius 1 is 0.462 bits per heavy atom. The summed E-state index contributed by atoms with van der Waals surface area (Å²) in [6.07, 6.45) is 27.2. The van der Waals surface area contributed by atoms with Gasteiger partial charge in [0.1, 0.15) is 0 Å². The van der Waals surface area contributed by atoms with Crippen molar-refractivity contribution in [3.8, 4) is 0 Å². The standard InChI is InChI=1S/C24H50O2/c1-2-3-4-5-6-7-8-9-10-11-12-13-14-15-16-17-18-21-24(26)22-19-20-23-25/h24-26H,2-23H2,1H3/t24-/m0/s1. The molecule has 0 fully saturated rings. The molecule has 0 heterocycles. The van der Waals surface area contributed by atoms with Crippen LogP contribution in [0.1, 0.15) is 142 Å². The van der Waals surface area contributed by atoms with E-state index in [9.17, 15) is 5.11 Å². The van der Waals surface area contributed by atoms with Crippen LogP contribution in [0.4, 0.5) is 0 Å². The molecule has 0 amide bonds. The lowest BCUT2D eigenvalue weighted by Gasteiger charge is -2.09. The normalized spacial score (nSPS) is 12.6. The van der Waals surface area contributed by atoms with Gasteiger partial charge in [-0.1, -0.05) is 116 Å². The molecule has 2 N–H and O–H groups in total. The van der Waals surface area contributed by atoms with E-state index in [0.717, 1.165) is 25.7 Å². The summed E-state index contributed by atoms with van der Waals surface area (Å²) in [5.74, 6) is 0. The molecule has 0 aliphatic rings. The maximum atomic E-state index is 9.82. The van der Waals surface area contributed by atoms with Gasteiger partial charge in [-0.15, -0.1) is 0 Å². The first-order valence-corrected chi connectivity index (χ1v) is 12.1. The highest BCUT2D eigenvalue weighted by Gasteiger charge is 2.03. The molecule has 0 aliphatic carbocycles. The molecule has 0 rings (SSSR count). The van der Waals surface area contributed by atoms with Crippen LogP contribution in [0.25, 0.3) is 0 Å². The van der Waals surface area contributed by atoms with E-state index < -0.39 is 0 Å². The van der Waals surface area contributed by atoms with Gasteiger partial charge in [0.25, 0.3) is 0 Å². The molecule has 0 radical (unpaired) electrons. The molecule has 26 heavy (non-hydrogen) atoms. The molecule has 0 unspecified atom stereocenters. The van der Waals surface area contributed by atoms with Crippen molar-refractivity contribution >= 4 is 0 Å². The first-order chi connectivity index (χ1) is 12.8.